The van der Waals surface area contributed by atoms with E-state index in [1.54, 1.807) is 13.3 Å². The monoisotopic (exact) mass is 364 g/mol. The average Bonchev–Trinajstić information content (AvgIpc) is 3.03. The third kappa shape index (κ3) is 4.49. The van der Waals surface area contributed by atoms with E-state index in [4.69, 9.17) is 17.0 Å². The summed E-state index contributed by atoms with van der Waals surface area (Å²) in [7, 11) is 1.66. The van der Waals surface area contributed by atoms with Gasteiger partial charge in [0.2, 0.25) is 0 Å². The van der Waals surface area contributed by atoms with Gasteiger partial charge in [-0.05, 0) is 61.6 Å². The van der Waals surface area contributed by atoms with Crippen LogP contribution in [0.4, 0.5) is 5.69 Å². The van der Waals surface area contributed by atoms with Crippen LogP contribution in [0.5, 0.6) is 5.75 Å². The van der Waals surface area contributed by atoms with Crippen molar-refractivity contribution < 1.29 is 4.74 Å². The van der Waals surface area contributed by atoms with E-state index in [2.05, 4.69) is 33.4 Å². The number of benzene rings is 2. The Kier molecular flexibility index (Phi) is 5.66. The topological polar surface area (TPSA) is 50.6 Å². The van der Waals surface area contributed by atoms with Gasteiger partial charge < -0.3 is 14.6 Å². The van der Waals surface area contributed by atoms with Crippen LogP contribution in [0.2, 0.25) is 0 Å². The lowest BCUT2D eigenvalue weighted by molar-refractivity contribution is 0.414. The van der Waals surface area contributed by atoms with Crippen molar-refractivity contribution in [3.63, 3.8) is 0 Å². The van der Waals surface area contributed by atoms with Gasteiger partial charge in [0.1, 0.15) is 5.75 Å². The van der Waals surface area contributed by atoms with Crippen molar-refractivity contribution in [3.05, 3.63) is 78.1 Å². The van der Waals surface area contributed by atoms with Crippen LogP contribution < -0.4 is 15.5 Å². The number of hydrogen-bond donors (Lipinski definition) is 2. The second kappa shape index (κ2) is 8.31. The van der Waals surface area contributed by atoms with Gasteiger partial charge in [-0.15, -0.1) is 0 Å². The molecule has 0 bridgehead atoms. The van der Waals surface area contributed by atoms with Gasteiger partial charge in [0, 0.05) is 28.8 Å². The Bertz CT molecular complexity index is 901. The molecule has 3 rings (SSSR count). The van der Waals surface area contributed by atoms with Crippen LogP contribution >= 0.6 is 12.2 Å². The van der Waals surface area contributed by atoms with E-state index < -0.39 is 0 Å². The molecular formula is C20H20N4OS. The molecule has 0 saturated heterocycles. The Morgan fingerprint density at radius 2 is 1.85 bits per heavy atom. The molecule has 5 nitrogen and oxygen atoms in total. The van der Waals surface area contributed by atoms with Gasteiger partial charge in [-0.2, -0.15) is 5.10 Å². The molecule has 0 radical (unpaired) electrons. The molecule has 0 fully saturated rings. The highest BCUT2D eigenvalue weighted by molar-refractivity contribution is 7.80. The zero-order valence-electron chi connectivity index (χ0n) is 14.6. The SMILES string of the molecule is COc1ccc(-n2cc(/C=N/NC(=S)Nc3ccccc3)cc2C)cc1. The maximum absolute atomic E-state index is 5.23. The molecule has 0 amide bonds. The third-order valence-electron chi connectivity index (χ3n) is 3.80. The number of hydrazone groups is 1. The fourth-order valence-corrected chi connectivity index (χ4v) is 2.71. The number of methoxy groups -OCH3 is 1. The molecule has 1 heterocycles. The average molecular weight is 364 g/mol. The second-order valence-corrected chi connectivity index (χ2v) is 6.08. The highest BCUT2D eigenvalue weighted by Gasteiger charge is 2.03. The number of hydrogen-bond acceptors (Lipinski definition) is 3. The van der Waals surface area contributed by atoms with Gasteiger partial charge in [0.25, 0.3) is 0 Å². The van der Waals surface area contributed by atoms with Gasteiger partial charge >= 0.3 is 0 Å². The van der Waals surface area contributed by atoms with E-state index >= 15 is 0 Å². The lowest BCUT2D eigenvalue weighted by Gasteiger charge is -2.07. The quantitative estimate of drug-likeness (QED) is 0.406. The molecule has 0 spiro atoms. The Labute approximate surface area is 158 Å². The molecule has 6 heteroatoms. The van der Waals surface area contributed by atoms with Crippen LogP contribution in [0.1, 0.15) is 11.3 Å². The summed E-state index contributed by atoms with van der Waals surface area (Å²) in [4.78, 5) is 0. The maximum Gasteiger partial charge on any atom is 0.191 e. The number of nitrogens with one attached hydrogen (secondary N) is 2. The van der Waals surface area contributed by atoms with Gasteiger partial charge in [-0.25, -0.2) is 0 Å². The van der Waals surface area contributed by atoms with Gasteiger partial charge in [-0.1, -0.05) is 18.2 Å². The Balaban J connectivity index is 1.63. The summed E-state index contributed by atoms with van der Waals surface area (Å²) in [6.45, 7) is 2.05. The number of anilines is 1. The molecule has 0 aliphatic rings. The Morgan fingerprint density at radius 1 is 1.12 bits per heavy atom. The van der Waals surface area contributed by atoms with Crippen molar-refractivity contribution in [3.8, 4) is 11.4 Å². The first-order chi connectivity index (χ1) is 12.7. The zero-order valence-corrected chi connectivity index (χ0v) is 15.5. The minimum Gasteiger partial charge on any atom is -0.497 e. The number of aryl methyl sites for hydroxylation is 1. The number of para-hydroxylation sites is 1. The molecule has 3 aromatic rings. The summed E-state index contributed by atoms with van der Waals surface area (Å²) < 4.78 is 7.30. The normalized spacial score (nSPS) is 10.7. The van der Waals surface area contributed by atoms with Gasteiger partial charge in [0.05, 0.1) is 13.3 Å². The maximum atomic E-state index is 5.23. The van der Waals surface area contributed by atoms with E-state index in [1.807, 2.05) is 60.8 Å². The van der Waals surface area contributed by atoms with Crippen LogP contribution in [-0.4, -0.2) is 23.0 Å². The van der Waals surface area contributed by atoms with Crippen molar-refractivity contribution in [1.29, 1.82) is 0 Å². The second-order valence-electron chi connectivity index (χ2n) is 5.67. The van der Waals surface area contributed by atoms with Crippen molar-refractivity contribution in [2.75, 3.05) is 12.4 Å². The number of ether oxygens (including phenoxy) is 1. The van der Waals surface area contributed by atoms with Crippen LogP contribution in [0.25, 0.3) is 5.69 Å². The molecule has 2 aromatic carbocycles. The molecule has 2 N–H and O–H groups in total. The van der Waals surface area contributed by atoms with Crippen molar-refractivity contribution in [2.45, 2.75) is 6.92 Å². The number of aromatic nitrogens is 1. The largest absolute Gasteiger partial charge is 0.497 e. The summed E-state index contributed by atoms with van der Waals surface area (Å²) in [5.74, 6) is 0.837. The van der Waals surface area contributed by atoms with Crippen LogP contribution in [-0.2, 0) is 0 Å². The molecule has 0 atom stereocenters. The fraction of sp³-hybridized carbons (Fsp3) is 0.100. The smallest absolute Gasteiger partial charge is 0.191 e. The van der Waals surface area contributed by atoms with E-state index in [9.17, 15) is 0 Å². The lowest BCUT2D eigenvalue weighted by atomic mass is 10.3. The standard InChI is InChI=1S/C20H20N4OS/c1-15-12-16(14-24(15)18-8-10-19(25-2)11-9-18)13-21-23-20(26)22-17-6-4-3-5-7-17/h3-14H,1-2H3,(H2,22,23,26)/b21-13+. The molecular weight excluding hydrogens is 344 g/mol. The van der Waals surface area contributed by atoms with Crippen LogP contribution in [0.15, 0.2) is 72.0 Å². The van der Waals surface area contributed by atoms with E-state index in [1.165, 1.54) is 0 Å². The first-order valence-electron chi connectivity index (χ1n) is 8.14. The molecule has 0 aliphatic heterocycles. The summed E-state index contributed by atoms with van der Waals surface area (Å²) in [6.07, 6.45) is 3.77. The molecule has 132 valence electrons. The highest BCUT2D eigenvalue weighted by Crippen LogP contribution is 2.18. The van der Waals surface area contributed by atoms with Crippen molar-refractivity contribution in [1.82, 2.24) is 9.99 Å². The Morgan fingerprint density at radius 3 is 2.54 bits per heavy atom. The fourth-order valence-electron chi connectivity index (χ4n) is 2.54. The summed E-state index contributed by atoms with van der Waals surface area (Å²) >= 11 is 5.23. The molecule has 0 unspecified atom stereocenters. The first-order valence-corrected chi connectivity index (χ1v) is 8.55. The summed E-state index contributed by atoms with van der Waals surface area (Å²) in [6, 6.07) is 19.7. The third-order valence-corrected chi connectivity index (χ3v) is 3.99. The van der Waals surface area contributed by atoms with E-state index in [0.29, 0.717) is 5.11 Å². The predicted molar refractivity (Wildman–Crippen MR) is 110 cm³/mol. The lowest BCUT2D eigenvalue weighted by Crippen LogP contribution is -2.23. The summed E-state index contributed by atoms with van der Waals surface area (Å²) in [5.41, 5.74) is 6.90. The van der Waals surface area contributed by atoms with E-state index in [-0.39, 0.29) is 0 Å². The highest BCUT2D eigenvalue weighted by atomic mass is 32.1. The molecule has 0 aliphatic carbocycles. The van der Waals surface area contributed by atoms with Gasteiger partial charge in [0.15, 0.2) is 5.11 Å². The van der Waals surface area contributed by atoms with Crippen LogP contribution in [0.3, 0.4) is 0 Å². The number of thiocarbonyl (C=S) groups is 1. The van der Waals surface area contributed by atoms with E-state index in [0.717, 1.165) is 28.4 Å². The zero-order chi connectivity index (χ0) is 18.4. The van der Waals surface area contributed by atoms with Crippen molar-refractivity contribution in [2.24, 2.45) is 5.10 Å². The molecule has 26 heavy (non-hydrogen) atoms. The van der Waals surface area contributed by atoms with Gasteiger partial charge in [-0.3, -0.25) is 5.43 Å². The minimum atomic E-state index is 0.443. The number of rotatable bonds is 5. The Hall–Kier alpha value is -3.12. The molecule has 1 aromatic heterocycles. The predicted octanol–water partition coefficient (Wildman–Crippen LogP) is 4.11. The number of nitrogens with zero attached hydrogens (tertiary/aromatic N) is 2. The molecule has 0 saturated carbocycles. The summed E-state index contributed by atoms with van der Waals surface area (Å²) in [5, 5.41) is 7.72. The first kappa shape index (κ1) is 17.7. The van der Waals surface area contributed by atoms with Crippen LogP contribution in [0, 0.1) is 6.92 Å². The minimum absolute atomic E-state index is 0.443. The van der Waals surface area contributed by atoms with Crippen molar-refractivity contribution >= 4 is 29.2 Å².